The highest BCUT2D eigenvalue weighted by Gasteiger charge is 2.46. The van der Waals surface area contributed by atoms with Crippen LogP contribution in [0.4, 0.5) is 4.39 Å². The molecule has 476 valence electrons. The predicted octanol–water partition coefficient (Wildman–Crippen LogP) is -1.19. The molecule has 0 radical (unpaired) electrons. The molecule has 28 heteroatoms. The Morgan fingerprint density at radius 2 is 1.37 bits per heavy atom. The second-order valence-corrected chi connectivity index (χ2v) is 21.8. The number of imide groups is 1. The van der Waals surface area contributed by atoms with Crippen LogP contribution in [0.2, 0.25) is 0 Å². The summed E-state index contributed by atoms with van der Waals surface area (Å²) in [6.45, 7) is 3.54. The van der Waals surface area contributed by atoms with Crippen LogP contribution in [-0.4, -0.2) is 177 Å². The molecule has 0 fully saturated rings. The molecule has 4 atom stereocenters. The van der Waals surface area contributed by atoms with E-state index in [0.717, 1.165) is 22.6 Å². The molecule has 5 heterocycles. The maximum absolute atomic E-state index is 15.8. The number of rotatable bonds is 34. The number of amides is 9. The van der Waals surface area contributed by atoms with Gasteiger partial charge in [-0.2, -0.15) is 0 Å². The first kappa shape index (κ1) is 66.1. The summed E-state index contributed by atoms with van der Waals surface area (Å²) in [5.74, 6) is -7.47. The first-order chi connectivity index (χ1) is 42.8. The summed E-state index contributed by atoms with van der Waals surface area (Å²) < 4.78 is 44.3. The lowest BCUT2D eigenvalue weighted by Crippen LogP contribution is -2.52. The van der Waals surface area contributed by atoms with Crippen LogP contribution in [0.3, 0.4) is 0 Å². The van der Waals surface area contributed by atoms with Crippen molar-refractivity contribution in [3.63, 3.8) is 0 Å². The van der Waals surface area contributed by atoms with Crippen molar-refractivity contribution in [1.29, 1.82) is 0 Å². The molecule has 0 bridgehead atoms. The first-order valence-electron chi connectivity index (χ1n) is 29.4. The van der Waals surface area contributed by atoms with Gasteiger partial charge in [0, 0.05) is 80.0 Å². The molecule has 8 rings (SSSR count). The second-order valence-electron chi connectivity index (χ2n) is 21.8. The topological polar surface area (TPSA) is 373 Å². The smallest absolute Gasteiger partial charge is 0.343 e. The van der Waals surface area contributed by atoms with Gasteiger partial charge in [0.2, 0.25) is 41.4 Å². The van der Waals surface area contributed by atoms with Crippen LogP contribution >= 0.6 is 0 Å². The normalized spacial score (nSPS) is 16.8. The van der Waals surface area contributed by atoms with Crippen molar-refractivity contribution in [1.82, 2.24) is 46.4 Å². The molecule has 2 aromatic heterocycles. The summed E-state index contributed by atoms with van der Waals surface area (Å²) in [5.41, 5.74) is 7.77. The van der Waals surface area contributed by atoms with Crippen molar-refractivity contribution in [2.45, 2.75) is 83.6 Å². The number of carbonyl (C=O) groups is 10. The number of carbonyl (C=O) groups excluding carboxylic acids is 10. The highest BCUT2D eigenvalue weighted by atomic mass is 19.1. The van der Waals surface area contributed by atoms with E-state index in [4.69, 9.17) is 34.4 Å². The molecule has 2 unspecified atom stereocenters. The summed E-state index contributed by atoms with van der Waals surface area (Å²) in [5, 5.41) is 27.6. The third kappa shape index (κ3) is 16.9. The monoisotopic (exact) mass is 1240 g/mol. The van der Waals surface area contributed by atoms with Crippen molar-refractivity contribution in [2.24, 2.45) is 17.6 Å². The van der Waals surface area contributed by atoms with Gasteiger partial charge in [0.25, 0.3) is 17.4 Å². The van der Waals surface area contributed by atoms with E-state index in [1.807, 2.05) is 0 Å². The molecule has 4 aliphatic rings. The fourth-order valence-electron chi connectivity index (χ4n) is 11.1. The van der Waals surface area contributed by atoms with Gasteiger partial charge in [-0.25, -0.2) is 14.2 Å². The van der Waals surface area contributed by atoms with Crippen molar-refractivity contribution in [3.8, 4) is 11.4 Å². The van der Waals surface area contributed by atoms with E-state index in [1.165, 1.54) is 10.6 Å². The number of aliphatic hydroxyl groups is 1. The third-order valence-corrected chi connectivity index (χ3v) is 15.9. The molecule has 3 aliphatic heterocycles. The Hall–Kier alpha value is -8.83. The Morgan fingerprint density at radius 3 is 2.06 bits per heavy atom. The van der Waals surface area contributed by atoms with Crippen LogP contribution < -0.4 is 43.2 Å². The van der Waals surface area contributed by atoms with E-state index in [9.17, 15) is 57.8 Å². The number of nitrogens with one attached hydrogen (secondary N) is 6. The number of esters is 1. The largest absolute Gasteiger partial charge is 0.458 e. The van der Waals surface area contributed by atoms with Gasteiger partial charge in [-0.15, -0.1) is 0 Å². The standard InChI is InChI=1S/C61H73FN10O17/c1-3-61(84)43-27-47-57-41(33-72(47)59(82)42(43)34-89-60(61)83)40-25-37(24-39-35(2)44(62)28-45(70-57)56(39)40)38(26-48(63)73)29-65-52(77)31-68-58(81)46(23-36-7-5-4-6-8-36)69-53(78)32-67-51(76)30-66-50(75)12-15-85-17-19-87-21-22-88-20-18-86-16-13-64-49(74)11-14-71-54(79)9-10-55(71)80/h4-10,27-28,37-38,46,84H,3,11-26,29-34H2,1-2H3,(H2,63,73)(H,64,74)(H,65,77)(H,66,75)(H,67,76)(H,68,81)(H,69,78)/t37?,38?,46-,61-/m0/s1. The van der Waals surface area contributed by atoms with Crippen LogP contribution in [0.5, 0.6) is 0 Å². The van der Waals surface area contributed by atoms with Gasteiger partial charge in [0.1, 0.15) is 18.5 Å². The fourth-order valence-corrected chi connectivity index (χ4v) is 11.1. The number of pyridine rings is 2. The van der Waals surface area contributed by atoms with E-state index in [-0.39, 0.29) is 122 Å². The number of benzene rings is 2. The van der Waals surface area contributed by atoms with E-state index in [2.05, 4.69) is 31.9 Å². The lowest BCUT2D eigenvalue weighted by molar-refractivity contribution is -0.172. The molecule has 89 heavy (non-hydrogen) atoms. The van der Waals surface area contributed by atoms with Crippen LogP contribution in [0.25, 0.3) is 22.3 Å². The summed E-state index contributed by atoms with van der Waals surface area (Å²) >= 11 is 0. The quantitative estimate of drug-likeness (QED) is 0.0136. The number of hydrogen-bond donors (Lipinski definition) is 8. The van der Waals surface area contributed by atoms with Gasteiger partial charge in [0.05, 0.1) is 102 Å². The molecule has 4 aromatic rings. The van der Waals surface area contributed by atoms with Crippen LogP contribution in [0.15, 0.2) is 59.4 Å². The molecule has 9 N–H and O–H groups in total. The van der Waals surface area contributed by atoms with Gasteiger partial charge >= 0.3 is 5.97 Å². The Bertz CT molecular complexity index is 3450. The molecular weight excluding hydrogens is 1160 g/mol. The number of hydrogen-bond acceptors (Lipinski definition) is 18. The number of fused-ring (bicyclic) bond motifs is 5. The van der Waals surface area contributed by atoms with Crippen LogP contribution in [0, 0.1) is 24.6 Å². The number of aromatic nitrogens is 2. The molecule has 0 spiro atoms. The van der Waals surface area contributed by atoms with Crippen LogP contribution in [0.1, 0.15) is 71.6 Å². The van der Waals surface area contributed by atoms with Crippen LogP contribution in [-0.2, 0) is 110 Å². The molecule has 0 saturated carbocycles. The zero-order valence-corrected chi connectivity index (χ0v) is 49.5. The van der Waals surface area contributed by atoms with E-state index in [0.29, 0.717) is 70.6 Å². The van der Waals surface area contributed by atoms with Crippen molar-refractivity contribution in [2.75, 3.05) is 92.1 Å². The van der Waals surface area contributed by atoms with E-state index < -0.39 is 108 Å². The molecule has 27 nitrogen and oxygen atoms in total. The maximum atomic E-state index is 15.8. The first-order valence-corrected chi connectivity index (χ1v) is 29.4. The van der Waals surface area contributed by atoms with Gasteiger partial charge in [0.15, 0.2) is 5.60 Å². The summed E-state index contributed by atoms with van der Waals surface area (Å²) in [7, 11) is 0. The Labute approximate surface area is 510 Å². The molecular formula is C61H73FN10O17. The highest BCUT2D eigenvalue weighted by molar-refractivity contribution is 6.13. The maximum Gasteiger partial charge on any atom is 0.343 e. The minimum atomic E-state index is -2.06. The summed E-state index contributed by atoms with van der Waals surface area (Å²) in [4.78, 5) is 146. The Morgan fingerprint density at radius 1 is 0.753 bits per heavy atom. The van der Waals surface area contributed by atoms with E-state index in [1.54, 1.807) is 50.2 Å². The lowest BCUT2D eigenvalue weighted by atomic mass is 9.73. The Kier molecular flexibility index (Phi) is 22.9. The zero-order chi connectivity index (χ0) is 63.8. The van der Waals surface area contributed by atoms with Crippen molar-refractivity contribution < 1.29 is 81.1 Å². The number of primary amides is 1. The number of cyclic esters (lactones) is 1. The zero-order valence-electron chi connectivity index (χ0n) is 49.5. The van der Waals surface area contributed by atoms with Gasteiger partial charge in [-0.3, -0.25) is 52.8 Å². The SMILES string of the molecule is CC[C@@]1(O)C(=O)OCc2c1cc1n(c2=O)Cc2c-1nc1cc(F)c(C)c3c1c2CC(C(CNC(=O)CNC(=O)[C@H](Cc1ccccc1)NC(=O)CNC(=O)CNC(=O)CCOCCOCCOCCOCCNC(=O)CCN1C(=O)C=CC1=O)CC(N)=O)C3. The molecule has 0 saturated heterocycles. The molecule has 9 amide bonds. The number of ether oxygens (including phenoxy) is 5. The number of nitrogens with two attached hydrogens (primary N) is 1. The molecule has 1 aliphatic carbocycles. The summed E-state index contributed by atoms with van der Waals surface area (Å²) in [6.07, 6.45) is 2.66. The van der Waals surface area contributed by atoms with Crippen molar-refractivity contribution >= 4 is 70.0 Å². The lowest BCUT2D eigenvalue weighted by Gasteiger charge is -2.33. The predicted molar refractivity (Wildman–Crippen MR) is 313 cm³/mol. The molecule has 2 aromatic carbocycles. The van der Waals surface area contributed by atoms with Gasteiger partial charge in [-0.1, -0.05) is 37.3 Å². The highest BCUT2D eigenvalue weighted by Crippen LogP contribution is 2.45. The van der Waals surface area contributed by atoms with Crippen molar-refractivity contribution in [3.05, 3.63) is 110 Å². The van der Waals surface area contributed by atoms with Gasteiger partial charge in [-0.05, 0) is 66.3 Å². The van der Waals surface area contributed by atoms with Gasteiger partial charge < -0.3 is 71.0 Å². The average molecular weight is 1240 g/mol. The minimum absolute atomic E-state index is 0.00379. The third-order valence-electron chi connectivity index (χ3n) is 15.9. The fraction of sp³-hybridized carbons (Fsp3) is 0.475. The summed E-state index contributed by atoms with van der Waals surface area (Å²) in [6, 6.07) is 10.5. The Balaban J connectivity index is 0.735. The number of halogens is 1. The number of nitrogens with zero attached hydrogens (tertiary/aromatic N) is 3. The second kappa shape index (κ2) is 30.9. The minimum Gasteiger partial charge on any atom is -0.458 e. The average Bonchev–Trinajstić information content (AvgIpc) is 1.65. The van der Waals surface area contributed by atoms with E-state index >= 15 is 4.39 Å².